The van der Waals surface area contributed by atoms with Crippen LogP contribution in [0.1, 0.15) is 25.6 Å². The van der Waals surface area contributed by atoms with E-state index in [0.29, 0.717) is 5.82 Å². The summed E-state index contributed by atoms with van der Waals surface area (Å²) >= 11 is 0. The number of nitrogens with zero attached hydrogens (tertiary/aromatic N) is 3. The Hall–Kier alpha value is -1.39. The second-order valence-corrected chi connectivity index (χ2v) is 2.94. The van der Waals surface area contributed by atoms with Gasteiger partial charge in [-0.1, -0.05) is 13.8 Å². The van der Waals surface area contributed by atoms with E-state index in [4.69, 9.17) is 5.73 Å². The lowest BCUT2D eigenvalue weighted by atomic mass is 10.2. The van der Waals surface area contributed by atoms with Gasteiger partial charge in [0.1, 0.15) is 5.82 Å². The van der Waals surface area contributed by atoms with Crippen LogP contribution in [0.3, 0.4) is 0 Å². The van der Waals surface area contributed by atoms with Gasteiger partial charge in [0.25, 0.3) is 0 Å². The van der Waals surface area contributed by atoms with E-state index in [2.05, 4.69) is 9.97 Å². The molecule has 0 amide bonds. The van der Waals surface area contributed by atoms with Crippen LogP contribution in [0.25, 0.3) is 0 Å². The summed E-state index contributed by atoms with van der Waals surface area (Å²) in [6, 6.07) is 0. The standard InChI is InChI=1S/C7H12N4O/c1-4(2)5-9-6(8)10-7(12)11(5)3/h4H,1-3H3,(H2,8,10,12). The molecule has 66 valence electrons. The first-order chi connectivity index (χ1) is 5.52. The lowest BCUT2D eigenvalue weighted by Crippen LogP contribution is -2.26. The number of anilines is 1. The Labute approximate surface area is 70.3 Å². The van der Waals surface area contributed by atoms with Gasteiger partial charge in [-0.3, -0.25) is 4.57 Å². The van der Waals surface area contributed by atoms with E-state index in [0.717, 1.165) is 0 Å². The van der Waals surface area contributed by atoms with Crippen LogP contribution >= 0.6 is 0 Å². The van der Waals surface area contributed by atoms with Crippen molar-refractivity contribution in [1.29, 1.82) is 0 Å². The van der Waals surface area contributed by atoms with E-state index in [1.54, 1.807) is 7.05 Å². The summed E-state index contributed by atoms with van der Waals surface area (Å²) in [5.74, 6) is 0.877. The van der Waals surface area contributed by atoms with Gasteiger partial charge in [-0.05, 0) is 0 Å². The van der Waals surface area contributed by atoms with Gasteiger partial charge in [0.15, 0.2) is 0 Å². The number of aromatic nitrogens is 3. The summed E-state index contributed by atoms with van der Waals surface area (Å²) in [6.45, 7) is 3.89. The molecule has 0 spiro atoms. The van der Waals surface area contributed by atoms with E-state index in [9.17, 15) is 4.79 Å². The first-order valence-corrected chi connectivity index (χ1v) is 3.73. The minimum Gasteiger partial charge on any atom is -0.368 e. The molecule has 5 nitrogen and oxygen atoms in total. The highest BCUT2D eigenvalue weighted by atomic mass is 16.1. The Morgan fingerprint density at radius 3 is 2.50 bits per heavy atom. The monoisotopic (exact) mass is 168 g/mol. The quantitative estimate of drug-likeness (QED) is 0.634. The zero-order valence-electron chi connectivity index (χ0n) is 7.40. The van der Waals surface area contributed by atoms with Gasteiger partial charge in [0, 0.05) is 13.0 Å². The number of hydrogen-bond donors (Lipinski definition) is 1. The molecule has 1 heterocycles. The lowest BCUT2D eigenvalue weighted by molar-refractivity contribution is 0.645. The molecule has 0 aromatic carbocycles. The van der Waals surface area contributed by atoms with Crippen LogP contribution < -0.4 is 11.4 Å². The molecular formula is C7H12N4O. The summed E-state index contributed by atoms with van der Waals surface area (Å²) in [5.41, 5.74) is 4.98. The second kappa shape index (κ2) is 2.92. The molecule has 1 aromatic rings. The number of nitrogen functional groups attached to an aromatic ring is 1. The predicted octanol–water partition coefficient (Wildman–Crippen LogP) is -0.119. The van der Waals surface area contributed by atoms with Crippen molar-refractivity contribution in [1.82, 2.24) is 14.5 Å². The van der Waals surface area contributed by atoms with Crippen LogP contribution in [0.15, 0.2) is 4.79 Å². The maximum absolute atomic E-state index is 11.1. The fourth-order valence-electron chi connectivity index (χ4n) is 1.00. The fourth-order valence-corrected chi connectivity index (χ4v) is 1.00. The molecule has 0 atom stereocenters. The Bertz CT molecular complexity index is 342. The van der Waals surface area contributed by atoms with Crippen molar-refractivity contribution in [2.45, 2.75) is 19.8 Å². The minimum absolute atomic E-state index is 0.0433. The Kier molecular flexibility index (Phi) is 2.12. The van der Waals surface area contributed by atoms with Crippen molar-refractivity contribution in [3.8, 4) is 0 Å². The van der Waals surface area contributed by atoms with Gasteiger partial charge >= 0.3 is 5.69 Å². The summed E-state index contributed by atoms with van der Waals surface area (Å²) in [4.78, 5) is 18.5. The second-order valence-electron chi connectivity index (χ2n) is 2.94. The molecule has 2 N–H and O–H groups in total. The third kappa shape index (κ3) is 1.44. The van der Waals surface area contributed by atoms with E-state index >= 15 is 0 Å². The predicted molar refractivity (Wildman–Crippen MR) is 45.8 cm³/mol. The van der Waals surface area contributed by atoms with E-state index in [-0.39, 0.29) is 17.6 Å². The molecule has 1 aromatic heterocycles. The van der Waals surface area contributed by atoms with Crippen LogP contribution in [0.4, 0.5) is 5.95 Å². The Morgan fingerprint density at radius 1 is 1.42 bits per heavy atom. The van der Waals surface area contributed by atoms with Crippen LogP contribution in [-0.2, 0) is 7.05 Å². The van der Waals surface area contributed by atoms with Crippen molar-refractivity contribution >= 4 is 5.95 Å². The van der Waals surface area contributed by atoms with Gasteiger partial charge in [-0.15, -0.1) is 0 Å². The molecule has 12 heavy (non-hydrogen) atoms. The highest BCUT2D eigenvalue weighted by Crippen LogP contribution is 2.07. The Morgan fingerprint density at radius 2 is 2.00 bits per heavy atom. The average Bonchev–Trinajstić information content (AvgIpc) is 1.96. The third-order valence-electron chi connectivity index (χ3n) is 1.59. The third-order valence-corrected chi connectivity index (χ3v) is 1.59. The van der Waals surface area contributed by atoms with Crippen molar-refractivity contribution in [3.63, 3.8) is 0 Å². The highest BCUT2D eigenvalue weighted by molar-refractivity contribution is 5.14. The largest absolute Gasteiger partial charge is 0.368 e. The molecule has 0 aliphatic heterocycles. The highest BCUT2D eigenvalue weighted by Gasteiger charge is 2.07. The van der Waals surface area contributed by atoms with E-state index in [1.165, 1.54) is 4.57 Å². The van der Waals surface area contributed by atoms with Crippen molar-refractivity contribution in [3.05, 3.63) is 16.3 Å². The molecule has 0 fully saturated rings. The van der Waals surface area contributed by atoms with Gasteiger partial charge in [0.05, 0.1) is 0 Å². The van der Waals surface area contributed by atoms with Crippen molar-refractivity contribution < 1.29 is 0 Å². The van der Waals surface area contributed by atoms with Crippen LogP contribution in [0, 0.1) is 0 Å². The molecule has 0 aliphatic carbocycles. The number of hydrogen-bond acceptors (Lipinski definition) is 4. The maximum atomic E-state index is 11.1. The van der Waals surface area contributed by atoms with Crippen molar-refractivity contribution in [2.75, 3.05) is 5.73 Å². The smallest absolute Gasteiger partial charge is 0.351 e. The lowest BCUT2D eigenvalue weighted by Gasteiger charge is -2.08. The first-order valence-electron chi connectivity index (χ1n) is 3.73. The number of nitrogens with two attached hydrogens (primary N) is 1. The van der Waals surface area contributed by atoms with Crippen molar-refractivity contribution in [2.24, 2.45) is 7.05 Å². The molecule has 0 saturated heterocycles. The van der Waals surface area contributed by atoms with Crippen LogP contribution in [-0.4, -0.2) is 14.5 Å². The van der Waals surface area contributed by atoms with E-state index in [1.807, 2.05) is 13.8 Å². The SMILES string of the molecule is CC(C)c1nc(N)nc(=O)n1C. The molecule has 0 radical (unpaired) electrons. The zero-order chi connectivity index (χ0) is 9.30. The maximum Gasteiger partial charge on any atom is 0.351 e. The van der Waals surface area contributed by atoms with Gasteiger partial charge in [-0.25, -0.2) is 4.79 Å². The topological polar surface area (TPSA) is 73.8 Å². The molecular weight excluding hydrogens is 156 g/mol. The molecule has 5 heteroatoms. The summed E-state index contributed by atoms with van der Waals surface area (Å²) in [6.07, 6.45) is 0. The van der Waals surface area contributed by atoms with Gasteiger partial charge in [0.2, 0.25) is 5.95 Å². The van der Waals surface area contributed by atoms with Crippen LogP contribution in [0.5, 0.6) is 0 Å². The molecule has 0 bridgehead atoms. The van der Waals surface area contributed by atoms with Gasteiger partial charge < -0.3 is 5.73 Å². The zero-order valence-corrected chi connectivity index (χ0v) is 7.40. The van der Waals surface area contributed by atoms with E-state index < -0.39 is 0 Å². The molecule has 0 saturated carbocycles. The molecule has 0 aliphatic rings. The first kappa shape index (κ1) is 8.70. The Balaban J connectivity index is 3.38. The van der Waals surface area contributed by atoms with Crippen LogP contribution in [0.2, 0.25) is 0 Å². The molecule has 1 rings (SSSR count). The molecule has 0 unspecified atom stereocenters. The minimum atomic E-state index is -0.355. The summed E-state index contributed by atoms with van der Waals surface area (Å²) < 4.78 is 1.40. The fraction of sp³-hybridized carbons (Fsp3) is 0.571. The normalized spacial score (nSPS) is 10.7. The summed E-state index contributed by atoms with van der Waals surface area (Å²) in [5, 5.41) is 0. The number of rotatable bonds is 1. The van der Waals surface area contributed by atoms with Gasteiger partial charge in [-0.2, -0.15) is 9.97 Å². The average molecular weight is 168 g/mol. The summed E-state index contributed by atoms with van der Waals surface area (Å²) in [7, 11) is 1.64.